The highest BCUT2D eigenvalue weighted by Gasteiger charge is 2.12. The highest BCUT2D eigenvalue weighted by atomic mass is 35.5. The van der Waals surface area contributed by atoms with E-state index >= 15 is 0 Å². The Kier molecular flexibility index (Phi) is 7.19. The zero-order valence-corrected chi connectivity index (χ0v) is 17.0. The number of anilines is 1. The van der Waals surface area contributed by atoms with Crippen molar-refractivity contribution in [1.29, 1.82) is 0 Å². The van der Waals surface area contributed by atoms with Crippen LogP contribution in [0.2, 0.25) is 5.02 Å². The molecule has 3 aromatic carbocycles. The molecular formula is C23H20ClN3O3. The van der Waals surface area contributed by atoms with Gasteiger partial charge in [-0.25, -0.2) is 5.43 Å². The number of hydrazone groups is 1. The van der Waals surface area contributed by atoms with Gasteiger partial charge in [0.15, 0.2) is 0 Å². The van der Waals surface area contributed by atoms with Gasteiger partial charge >= 0.3 is 11.8 Å². The van der Waals surface area contributed by atoms with E-state index in [1.165, 1.54) is 11.8 Å². The van der Waals surface area contributed by atoms with E-state index < -0.39 is 11.8 Å². The van der Waals surface area contributed by atoms with Crippen LogP contribution in [0.4, 0.5) is 5.69 Å². The normalized spacial score (nSPS) is 10.6. The topological polar surface area (TPSA) is 79.8 Å². The van der Waals surface area contributed by atoms with E-state index in [1.54, 1.807) is 36.4 Å². The van der Waals surface area contributed by atoms with E-state index in [0.29, 0.717) is 17.3 Å². The monoisotopic (exact) mass is 421 g/mol. The summed E-state index contributed by atoms with van der Waals surface area (Å²) in [6.07, 6.45) is 1.44. The largest absolute Gasteiger partial charge is 0.489 e. The number of carbonyl (C=O) groups is 2. The lowest BCUT2D eigenvalue weighted by Crippen LogP contribution is -2.32. The van der Waals surface area contributed by atoms with E-state index in [1.807, 2.05) is 43.3 Å². The Morgan fingerprint density at radius 2 is 1.67 bits per heavy atom. The van der Waals surface area contributed by atoms with Crippen LogP contribution in [0, 0.1) is 6.92 Å². The van der Waals surface area contributed by atoms with E-state index in [-0.39, 0.29) is 0 Å². The van der Waals surface area contributed by atoms with E-state index in [2.05, 4.69) is 15.8 Å². The molecule has 0 saturated carbocycles. The molecule has 3 aromatic rings. The van der Waals surface area contributed by atoms with Crippen molar-refractivity contribution in [2.75, 3.05) is 5.32 Å². The molecule has 0 aromatic heterocycles. The van der Waals surface area contributed by atoms with Gasteiger partial charge in [0.25, 0.3) is 0 Å². The van der Waals surface area contributed by atoms with Crippen molar-refractivity contribution >= 4 is 35.3 Å². The molecule has 0 aliphatic rings. The Hall–Kier alpha value is -3.64. The number of hydrogen-bond acceptors (Lipinski definition) is 4. The van der Waals surface area contributed by atoms with Gasteiger partial charge in [-0.1, -0.05) is 35.9 Å². The van der Waals surface area contributed by atoms with Crippen LogP contribution in [0.25, 0.3) is 0 Å². The number of aryl methyl sites for hydroxylation is 1. The minimum Gasteiger partial charge on any atom is -0.489 e. The fourth-order valence-corrected chi connectivity index (χ4v) is 2.65. The average Bonchev–Trinajstić information content (AvgIpc) is 2.75. The number of nitrogens with one attached hydrogen (secondary N) is 2. The molecular weight excluding hydrogens is 402 g/mol. The van der Waals surface area contributed by atoms with Gasteiger partial charge in [0.05, 0.1) is 6.21 Å². The molecule has 152 valence electrons. The number of carbonyl (C=O) groups excluding carboxylic acids is 2. The molecule has 0 aliphatic carbocycles. The lowest BCUT2D eigenvalue weighted by Gasteiger charge is -2.08. The number of halogens is 1. The first kappa shape index (κ1) is 21.1. The third-order valence-electron chi connectivity index (χ3n) is 4.22. The molecule has 0 saturated heterocycles. The zero-order chi connectivity index (χ0) is 21.3. The molecule has 7 heteroatoms. The predicted octanol–water partition coefficient (Wildman–Crippen LogP) is 4.32. The Morgan fingerprint density at radius 3 is 2.37 bits per heavy atom. The molecule has 6 nitrogen and oxygen atoms in total. The van der Waals surface area contributed by atoms with Crippen LogP contribution in [0.15, 0.2) is 77.9 Å². The Labute approximate surface area is 179 Å². The third kappa shape index (κ3) is 6.18. The molecule has 30 heavy (non-hydrogen) atoms. The van der Waals surface area contributed by atoms with Crippen molar-refractivity contribution in [3.63, 3.8) is 0 Å². The Balaban J connectivity index is 1.47. The number of ether oxygens (including phenoxy) is 1. The molecule has 3 rings (SSSR count). The average molecular weight is 422 g/mol. The Bertz CT molecular complexity index is 1050. The van der Waals surface area contributed by atoms with Gasteiger partial charge in [-0.2, -0.15) is 5.10 Å². The van der Waals surface area contributed by atoms with Crippen molar-refractivity contribution in [1.82, 2.24) is 5.43 Å². The summed E-state index contributed by atoms with van der Waals surface area (Å²) in [7, 11) is 0. The van der Waals surface area contributed by atoms with Gasteiger partial charge in [-0.05, 0) is 72.1 Å². The predicted molar refractivity (Wildman–Crippen MR) is 118 cm³/mol. The van der Waals surface area contributed by atoms with Gasteiger partial charge in [-0.15, -0.1) is 0 Å². The van der Waals surface area contributed by atoms with Crippen molar-refractivity contribution < 1.29 is 14.3 Å². The van der Waals surface area contributed by atoms with Gasteiger partial charge < -0.3 is 10.1 Å². The number of hydrogen-bond donors (Lipinski definition) is 2. The third-order valence-corrected chi connectivity index (χ3v) is 4.48. The van der Waals surface area contributed by atoms with Crippen LogP contribution in [0.3, 0.4) is 0 Å². The molecule has 0 spiro atoms. The number of nitrogens with zero attached hydrogens (tertiary/aromatic N) is 1. The number of amides is 2. The SMILES string of the molecule is Cc1ccccc1COc1ccc(/C=N/NC(=O)C(=O)Nc2ccc(Cl)cc2)cc1. The first-order valence-corrected chi connectivity index (χ1v) is 9.56. The number of benzene rings is 3. The van der Waals surface area contributed by atoms with Gasteiger partial charge in [0.1, 0.15) is 12.4 Å². The smallest absolute Gasteiger partial charge is 0.329 e. The summed E-state index contributed by atoms with van der Waals surface area (Å²) in [6.45, 7) is 2.53. The van der Waals surface area contributed by atoms with E-state index in [0.717, 1.165) is 16.9 Å². The quantitative estimate of drug-likeness (QED) is 0.353. The van der Waals surface area contributed by atoms with Crippen molar-refractivity contribution in [2.24, 2.45) is 5.10 Å². The molecule has 0 atom stereocenters. The number of rotatable bonds is 6. The highest BCUT2D eigenvalue weighted by molar-refractivity contribution is 6.39. The maximum absolute atomic E-state index is 11.9. The summed E-state index contributed by atoms with van der Waals surface area (Å²) in [6, 6.07) is 21.7. The molecule has 0 aliphatic heterocycles. The minimum atomic E-state index is -0.876. The van der Waals surface area contributed by atoms with Crippen LogP contribution < -0.4 is 15.5 Å². The maximum Gasteiger partial charge on any atom is 0.329 e. The van der Waals surface area contributed by atoms with Crippen LogP contribution >= 0.6 is 11.6 Å². The van der Waals surface area contributed by atoms with Crippen LogP contribution in [-0.2, 0) is 16.2 Å². The van der Waals surface area contributed by atoms with Crippen molar-refractivity contribution in [3.8, 4) is 5.75 Å². The second kappa shape index (κ2) is 10.2. The summed E-state index contributed by atoms with van der Waals surface area (Å²) in [5.74, 6) is -0.976. The van der Waals surface area contributed by atoms with E-state index in [9.17, 15) is 9.59 Å². The lowest BCUT2D eigenvalue weighted by molar-refractivity contribution is -0.136. The maximum atomic E-state index is 11.9. The summed E-state index contributed by atoms with van der Waals surface area (Å²) < 4.78 is 5.79. The molecule has 0 heterocycles. The van der Waals surface area contributed by atoms with Crippen LogP contribution in [-0.4, -0.2) is 18.0 Å². The second-order valence-electron chi connectivity index (χ2n) is 6.44. The molecule has 2 N–H and O–H groups in total. The van der Waals surface area contributed by atoms with Gasteiger partial charge in [-0.3, -0.25) is 9.59 Å². The molecule has 0 fully saturated rings. The van der Waals surface area contributed by atoms with E-state index in [4.69, 9.17) is 16.3 Å². The standard InChI is InChI=1S/C23H20ClN3O3/c1-16-4-2-3-5-18(16)15-30-21-12-6-17(7-13-21)14-25-27-23(29)22(28)26-20-10-8-19(24)9-11-20/h2-14H,15H2,1H3,(H,26,28)(H,27,29)/b25-14+. The lowest BCUT2D eigenvalue weighted by atomic mass is 10.1. The highest BCUT2D eigenvalue weighted by Crippen LogP contribution is 2.15. The van der Waals surface area contributed by atoms with Crippen LogP contribution in [0.5, 0.6) is 5.75 Å². The first-order chi connectivity index (χ1) is 14.5. The molecule has 0 radical (unpaired) electrons. The van der Waals surface area contributed by atoms with Gasteiger partial charge in [0, 0.05) is 10.7 Å². The van der Waals surface area contributed by atoms with Crippen molar-refractivity contribution in [3.05, 3.63) is 94.5 Å². The Morgan fingerprint density at radius 1 is 0.967 bits per heavy atom. The molecule has 2 amide bonds. The fraction of sp³-hybridized carbons (Fsp3) is 0.0870. The fourth-order valence-electron chi connectivity index (χ4n) is 2.52. The van der Waals surface area contributed by atoms with Gasteiger partial charge in [0.2, 0.25) is 0 Å². The summed E-state index contributed by atoms with van der Waals surface area (Å²) >= 11 is 5.78. The van der Waals surface area contributed by atoms with Crippen molar-refractivity contribution in [2.45, 2.75) is 13.5 Å². The molecule has 0 bridgehead atoms. The van der Waals surface area contributed by atoms with Crippen LogP contribution in [0.1, 0.15) is 16.7 Å². The summed E-state index contributed by atoms with van der Waals surface area (Å²) in [4.78, 5) is 23.7. The first-order valence-electron chi connectivity index (χ1n) is 9.18. The zero-order valence-electron chi connectivity index (χ0n) is 16.3. The minimum absolute atomic E-state index is 0.463. The second-order valence-corrected chi connectivity index (χ2v) is 6.88. The summed E-state index contributed by atoms with van der Waals surface area (Å²) in [5.41, 5.74) is 5.71. The molecule has 0 unspecified atom stereocenters. The summed E-state index contributed by atoms with van der Waals surface area (Å²) in [5, 5.41) is 6.80.